The van der Waals surface area contributed by atoms with Gasteiger partial charge in [-0.2, -0.15) is 0 Å². The van der Waals surface area contributed by atoms with Crippen molar-refractivity contribution in [2.75, 3.05) is 13.2 Å². The van der Waals surface area contributed by atoms with Crippen LogP contribution in [0.4, 0.5) is 0 Å². The van der Waals surface area contributed by atoms with Crippen LogP contribution in [0, 0.1) is 0 Å². The van der Waals surface area contributed by atoms with Crippen LogP contribution in [0.3, 0.4) is 0 Å². The first-order valence-electron chi connectivity index (χ1n) is 4.77. The first kappa shape index (κ1) is 12.4. The van der Waals surface area contributed by atoms with Gasteiger partial charge in [0.05, 0.1) is 8.80 Å². The summed E-state index contributed by atoms with van der Waals surface area (Å²) in [7, 11) is 1.76. The molecule has 0 spiro atoms. The molecule has 0 saturated heterocycles. The molecule has 2 radical (unpaired) electrons. The van der Waals surface area contributed by atoms with E-state index in [1.165, 1.54) is 12.2 Å². The SMILES string of the molecule is CC[Si](CNC)C(C)(C)[Si](C)C. The van der Waals surface area contributed by atoms with Gasteiger partial charge in [0.1, 0.15) is 0 Å². The quantitative estimate of drug-likeness (QED) is 0.673. The smallest absolute Gasteiger partial charge is 0.0672 e. The lowest BCUT2D eigenvalue weighted by Gasteiger charge is -2.35. The Morgan fingerprint density at radius 3 is 2.00 bits per heavy atom. The Bertz CT molecular complexity index is 124. The monoisotopic (exact) mass is 201 g/mol. The molecule has 0 aromatic carbocycles. The van der Waals surface area contributed by atoms with E-state index in [1.807, 2.05) is 0 Å². The maximum absolute atomic E-state index is 3.34. The predicted molar refractivity (Wildman–Crippen MR) is 61.7 cm³/mol. The third-order valence-electron chi connectivity index (χ3n) is 2.95. The van der Waals surface area contributed by atoms with Gasteiger partial charge in [-0.25, -0.2) is 0 Å². The van der Waals surface area contributed by atoms with Crippen molar-refractivity contribution >= 4 is 17.6 Å². The normalized spacial score (nSPS) is 13.0. The van der Waals surface area contributed by atoms with Crippen LogP contribution in [0.25, 0.3) is 0 Å². The third-order valence-corrected chi connectivity index (χ3v) is 11.4. The second-order valence-electron chi connectivity index (χ2n) is 4.11. The molecule has 0 rings (SSSR count). The van der Waals surface area contributed by atoms with Crippen molar-refractivity contribution in [3.8, 4) is 0 Å². The zero-order chi connectivity index (χ0) is 9.78. The maximum atomic E-state index is 3.34. The highest BCUT2D eigenvalue weighted by Gasteiger charge is 2.32. The van der Waals surface area contributed by atoms with E-state index in [9.17, 15) is 0 Å². The fourth-order valence-corrected chi connectivity index (χ4v) is 6.98. The molecule has 0 bridgehead atoms. The molecule has 0 heterocycles. The van der Waals surface area contributed by atoms with Gasteiger partial charge in [-0.3, -0.25) is 0 Å². The molecule has 0 atom stereocenters. The largest absolute Gasteiger partial charge is 0.323 e. The van der Waals surface area contributed by atoms with Crippen LogP contribution >= 0.6 is 0 Å². The van der Waals surface area contributed by atoms with Crippen LogP contribution in [0.5, 0.6) is 0 Å². The van der Waals surface area contributed by atoms with Crippen LogP contribution in [0.1, 0.15) is 20.8 Å². The summed E-state index contributed by atoms with van der Waals surface area (Å²) in [6.45, 7) is 12.2. The fourth-order valence-electron chi connectivity index (χ4n) is 1.35. The van der Waals surface area contributed by atoms with Gasteiger partial charge >= 0.3 is 0 Å². The minimum atomic E-state index is -0.176. The van der Waals surface area contributed by atoms with E-state index >= 15 is 0 Å². The molecule has 0 aromatic heterocycles. The van der Waals surface area contributed by atoms with Gasteiger partial charge < -0.3 is 5.32 Å². The summed E-state index contributed by atoms with van der Waals surface area (Å²) in [5.41, 5.74) is 0. The number of nitrogens with one attached hydrogen (secondary N) is 1. The second-order valence-corrected chi connectivity index (χ2v) is 11.4. The van der Waals surface area contributed by atoms with Crippen LogP contribution in [0.2, 0.25) is 23.8 Å². The lowest BCUT2D eigenvalue weighted by molar-refractivity contribution is 0.845. The van der Waals surface area contributed by atoms with Crippen LogP contribution in [-0.2, 0) is 0 Å². The zero-order valence-corrected chi connectivity index (χ0v) is 11.4. The van der Waals surface area contributed by atoms with Crippen LogP contribution in [0.15, 0.2) is 0 Å². The number of hydrogen-bond acceptors (Lipinski definition) is 1. The fraction of sp³-hybridized carbons (Fsp3) is 1.00. The molecule has 0 amide bonds. The second kappa shape index (κ2) is 5.19. The topological polar surface area (TPSA) is 12.0 Å². The highest BCUT2D eigenvalue weighted by molar-refractivity contribution is 6.81. The molecule has 1 N–H and O–H groups in total. The molecule has 0 aliphatic carbocycles. The molecule has 0 fully saturated rings. The highest BCUT2D eigenvalue weighted by atomic mass is 28.3. The Hall–Kier alpha value is 0.394. The number of hydrogen-bond donors (Lipinski definition) is 1. The lowest BCUT2D eigenvalue weighted by atomic mass is 10.5. The van der Waals surface area contributed by atoms with Gasteiger partial charge in [-0.1, -0.05) is 39.9 Å². The van der Waals surface area contributed by atoms with Gasteiger partial charge in [0, 0.05) is 8.80 Å². The molecule has 0 aliphatic heterocycles. The molecule has 0 unspecified atom stereocenters. The maximum Gasteiger partial charge on any atom is 0.0672 e. The summed E-state index contributed by atoms with van der Waals surface area (Å²) in [5.74, 6) is 0. The molecule has 12 heavy (non-hydrogen) atoms. The summed E-state index contributed by atoms with van der Waals surface area (Å²) in [6, 6.07) is 1.40. The lowest BCUT2D eigenvalue weighted by Crippen LogP contribution is -2.43. The first-order valence-corrected chi connectivity index (χ1v) is 9.18. The van der Waals surface area contributed by atoms with Gasteiger partial charge in [-0.05, 0) is 17.9 Å². The Kier molecular flexibility index (Phi) is 5.36. The van der Waals surface area contributed by atoms with Crippen molar-refractivity contribution in [3.63, 3.8) is 0 Å². The molecule has 1 nitrogen and oxygen atoms in total. The molecular weight excluding hydrogens is 178 g/mol. The van der Waals surface area contributed by atoms with E-state index in [0.29, 0.717) is 4.66 Å². The van der Waals surface area contributed by atoms with Crippen LogP contribution < -0.4 is 5.32 Å². The van der Waals surface area contributed by atoms with Crippen molar-refractivity contribution in [1.82, 2.24) is 5.32 Å². The summed E-state index contributed by atoms with van der Waals surface area (Å²) >= 11 is 0. The van der Waals surface area contributed by atoms with Crippen molar-refractivity contribution in [3.05, 3.63) is 0 Å². The molecular formula is C9H23NSi2. The Morgan fingerprint density at radius 1 is 1.25 bits per heavy atom. The van der Waals surface area contributed by atoms with Crippen LogP contribution in [-0.4, -0.2) is 30.8 Å². The summed E-state index contributed by atoms with van der Waals surface area (Å²) < 4.78 is 0.660. The average molecular weight is 201 g/mol. The third kappa shape index (κ3) is 3.03. The molecule has 0 saturated carbocycles. The van der Waals surface area contributed by atoms with E-state index in [1.54, 1.807) is 0 Å². The Balaban J connectivity index is 4.25. The van der Waals surface area contributed by atoms with Gasteiger partial charge in [0.2, 0.25) is 0 Å². The van der Waals surface area contributed by atoms with Gasteiger partial charge in [0.25, 0.3) is 0 Å². The van der Waals surface area contributed by atoms with Crippen molar-refractivity contribution in [2.24, 2.45) is 0 Å². The zero-order valence-electron chi connectivity index (χ0n) is 9.41. The first-order chi connectivity index (χ1) is 5.46. The standard InChI is InChI=1S/C9H23NSi2/c1-7-12(8-10-4)9(2,3)11(5)6/h10H,7-8H2,1-6H3. The summed E-state index contributed by atoms with van der Waals surface area (Å²) in [5, 5.41) is 3.34. The summed E-state index contributed by atoms with van der Waals surface area (Å²) in [4.78, 5) is 0. The molecule has 0 aliphatic rings. The molecule has 3 heteroatoms. The Morgan fingerprint density at radius 2 is 1.75 bits per heavy atom. The van der Waals surface area contributed by atoms with E-state index in [2.05, 4.69) is 46.2 Å². The minimum Gasteiger partial charge on any atom is -0.323 e. The van der Waals surface area contributed by atoms with E-state index in [-0.39, 0.29) is 17.6 Å². The van der Waals surface area contributed by atoms with E-state index in [4.69, 9.17) is 0 Å². The van der Waals surface area contributed by atoms with Gasteiger partial charge in [-0.15, -0.1) is 0 Å². The molecule has 0 aromatic rings. The van der Waals surface area contributed by atoms with Crippen molar-refractivity contribution < 1.29 is 0 Å². The van der Waals surface area contributed by atoms with E-state index < -0.39 is 0 Å². The minimum absolute atomic E-state index is 0.138. The van der Waals surface area contributed by atoms with Gasteiger partial charge in [0.15, 0.2) is 0 Å². The predicted octanol–water partition coefficient (Wildman–Crippen LogP) is 2.33. The van der Waals surface area contributed by atoms with Crippen molar-refractivity contribution in [2.45, 2.75) is 44.6 Å². The number of rotatable bonds is 5. The van der Waals surface area contributed by atoms with Crippen molar-refractivity contribution in [1.29, 1.82) is 0 Å². The highest BCUT2D eigenvalue weighted by Crippen LogP contribution is 2.33. The Labute approximate surface area is 81.2 Å². The average Bonchev–Trinajstić information content (AvgIpc) is 1.99. The van der Waals surface area contributed by atoms with E-state index in [0.717, 1.165) is 0 Å². The summed E-state index contributed by atoms with van der Waals surface area (Å²) in [6.07, 6.45) is 1.27. The molecule has 72 valence electrons.